The molecule has 126 valence electrons. The van der Waals surface area contributed by atoms with E-state index in [0.717, 1.165) is 9.90 Å². The van der Waals surface area contributed by atoms with Crippen LogP contribution in [0.4, 0.5) is 5.13 Å². The molecule has 1 aromatic carbocycles. The summed E-state index contributed by atoms with van der Waals surface area (Å²) in [6, 6.07) is 7.24. The number of aromatic nitrogens is 2. The third kappa shape index (κ3) is 5.78. The summed E-state index contributed by atoms with van der Waals surface area (Å²) < 4.78 is 0.747. The number of nitrogens with zero attached hydrogens (tertiary/aromatic N) is 2. The van der Waals surface area contributed by atoms with Crippen molar-refractivity contribution in [1.29, 1.82) is 0 Å². The fourth-order valence-corrected chi connectivity index (χ4v) is 3.40. The van der Waals surface area contributed by atoms with Gasteiger partial charge in [0.05, 0.1) is 5.75 Å². The first kappa shape index (κ1) is 18.2. The number of nitrogens with one attached hydrogen (secondary N) is 2. The number of thioether (sulfide) groups is 1. The molecule has 2 N–H and O–H groups in total. The Bertz CT molecular complexity index is 713. The second-order valence-corrected chi connectivity index (χ2v) is 7.06. The van der Waals surface area contributed by atoms with Gasteiger partial charge in [-0.1, -0.05) is 53.4 Å². The molecule has 0 saturated carbocycles. The molecule has 0 atom stereocenters. The highest BCUT2D eigenvalue weighted by molar-refractivity contribution is 8.01. The van der Waals surface area contributed by atoms with Gasteiger partial charge in [-0.15, -0.1) is 16.8 Å². The van der Waals surface area contributed by atoms with Crippen molar-refractivity contribution in [1.82, 2.24) is 15.5 Å². The molecule has 1 heterocycles. The van der Waals surface area contributed by atoms with Gasteiger partial charge in [-0.2, -0.15) is 0 Å². The Morgan fingerprint density at radius 3 is 2.71 bits per heavy atom. The van der Waals surface area contributed by atoms with Crippen LogP contribution in [0.2, 0.25) is 0 Å². The number of hydrogen-bond donors (Lipinski definition) is 2. The monoisotopic (exact) mass is 362 g/mol. The molecule has 0 spiro atoms. The normalized spacial score (nSPS) is 10.2. The molecule has 0 bridgehead atoms. The predicted octanol–water partition coefficient (Wildman–Crippen LogP) is 2.75. The highest BCUT2D eigenvalue weighted by Crippen LogP contribution is 2.26. The highest BCUT2D eigenvalue weighted by atomic mass is 32.2. The molecule has 0 aliphatic carbocycles. The van der Waals surface area contributed by atoms with E-state index in [4.69, 9.17) is 0 Å². The molecule has 1 aromatic heterocycles. The number of Topliss-reactive ketones (excluding diaryl/α,β-unsaturated/α-hetero) is 1. The second-order valence-electron chi connectivity index (χ2n) is 4.86. The van der Waals surface area contributed by atoms with Gasteiger partial charge in [0.15, 0.2) is 10.1 Å². The van der Waals surface area contributed by atoms with Gasteiger partial charge in [-0.3, -0.25) is 9.59 Å². The largest absolute Gasteiger partial charge is 0.357 e. The molecule has 0 aliphatic heterocycles. The van der Waals surface area contributed by atoms with E-state index in [1.807, 2.05) is 12.1 Å². The molecule has 2 aromatic rings. The Balaban J connectivity index is 1.84. The molecule has 0 fully saturated rings. The third-order valence-corrected chi connectivity index (χ3v) is 4.96. The maximum atomic E-state index is 12.2. The Kier molecular flexibility index (Phi) is 6.95. The van der Waals surface area contributed by atoms with E-state index in [9.17, 15) is 9.59 Å². The van der Waals surface area contributed by atoms with Crippen LogP contribution in [0.25, 0.3) is 0 Å². The molecule has 0 aliphatic rings. The average molecular weight is 362 g/mol. The van der Waals surface area contributed by atoms with Gasteiger partial charge in [0.1, 0.15) is 0 Å². The molecule has 8 heteroatoms. The van der Waals surface area contributed by atoms with E-state index in [2.05, 4.69) is 27.4 Å². The van der Waals surface area contributed by atoms with Gasteiger partial charge in [0.25, 0.3) is 0 Å². The van der Waals surface area contributed by atoms with Crippen LogP contribution in [0.5, 0.6) is 0 Å². The van der Waals surface area contributed by atoms with Crippen LogP contribution in [0.15, 0.2) is 41.3 Å². The van der Waals surface area contributed by atoms with E-state index >= 15 is 0 Å². The first-order chi connectivity index (χ1) is 11.6. The second kappa shape index (κ2) is 9.19. The minimum Gasteiger partial charge on any atom is -0.357 e. The van der Waals surface area contributed by atoms with Crippen LogP contribution in [0.3, 0.4) is 0 Å². The van der Waals surface area contributed by atoms with E-state index in [0.29, 0.717) is 29.5 Å². The van der Waals surface area contributed by atoms with Crippen molar-refractivity contribution in [2.24, 2.45) is 0 Å². The lowest BCUT2D eigenvalue weighted by Gasteiger charge is -2.04. The highest BCUT2D eigenvalue weighted by Gasteiger charge is 2.10. The number of anilines is 1. The smallest absolute Gasteiger partial charge is 0.217 e. The number of carbonyl (C=O) groups is 2. The zero-order valence-electron chi connectivity index (χ0n) is 13.2. The lowest BCUT2D eigenvalue weighted by Crippen LogP contribution is -2.18. The molecular formula is C16H18N4O2S2. The minimum absolute atomic E-state index is 0.0295. The summed E-state index contributed by atoms with van der Waals surface area (Å²) in [6.45, 7) is 6.19. The van der Waals surface area contributed by atoms with Gasteiger partial charge in [0, 0.05) is 25.6 Å². The van der Waals surface area contributed by atoms with Crippen molar-refractivity contribution in [3.63, 3.8) is 0 Å². The first-order valence-electron chi connectivity index (χ1n) is 7.26. The summed E-state index contributed by atoms with van der Waals surface area (Å²) >= 11 is 2.78. The van der Waals surface area contributed by atoms with Gasteiger partial charge < -0.3 is 10.6 Å². The molecule has 24 heavy (non-hydrogen) atoms. The molecule has 1 amide bonds. The number of amides is 1. The van der Waals surface area contributed by atoms with E-state index in [1.165, 1.54) is 30.0 Å². The summed E-state index contributed by atoms with van der Waals surface area (Å²) in [5, 5.41) is 14.5. The van der Waals surface area contributed by atoms with E-state index in [1.54, 1.807) is 18.2 Å². The van der Waals surface area contributed by atoms with Gasteiger partial charge in [-0.05, 0) is 5.56 Å². The number of carbonyl (C=O) groups excluding carboxylic acids is 2. The van der Waals surface area contributed by atoms with Crippen LogP contribution in [0, 0.1) is 0 Å². The summed E-state index contributed by atoms with van der Waals surface area (Å²) in [5.41, 5.74) is 1.60. The predicted molar refractivity (Wildman–Crippen MR) is 97.6 cm³/mol. The van der Waals surface area contributed by atoms with Crippen molar-refractivity contribution in [2.75, 3.05) is 17.6 Å². The lowest BCUT2D eigenvalue weighted by atomic mass is 10.1. The van der Waals surface area contributed by atoms with E-state index < -0.39 is 0 Å². The van der Waals surface area contributed by atoms with Crippen LogP contribution >= 0.6 is 23.1 Å². The van der Waals surface area contributed by atoms with Crippen LogP contribution in [-0.2, 0) is 11.3 Å². The van der Waals surface area contributed by atoms with Crippen molar-refractivity contribution in [2.45, 2.75) is 17.8 Å². The summed E-state index contributed by atoms with van der Waals surface area (Å²) in [4.78, 5) is 23.1. The topological polar surface area (TPSA) is 84.0 Å². The Morgan fingerprint density at radius 1 is 1.29 bits per heavy atom. The maximum Gasteiger partial charge on any atom is 0.217 e. The molecule has 0 saturated heterocycles. The summed E-state index contributed by atoms with van der Waals surface area (Å²) in [6.07, 6.45) is 1.74. The lowest BCUT2D eigenvalue weighted by molar-refractivity contribution is -0.119. The van der Waals surface area contributed by atoms with Crippen LogP contribution < -0.4 is 10.6 Å². The zero-order chi connectivity index (χ0) is 17.4. The molecule has 6 nitrogen and oxygen atoms in total. The third-order valence-electron chi connectivity index (χ3n) is 2.95. The quantitative estimate of drug-likeness (QED) is 0.405. The average Bonchev–Trinajstić information content (AvgIpc) is 3.04. The zero-order valence-corrected chi connectivity index (χ0v) is 14.9. The summed E-state index contributed by atoms with van der Waals surface area (Å²) in [5.74, 6) is 0.258. The molecule has 2 rings (SSSR count). The Hall–Kier alpha value is -2.19. The molecular weight excluding hydrogens is 344 g/mol. The SMILES string of the molecule is C=CCNc1nnc(SCC(=O)c2ccc(CNC(C)=O)cc2)s1. The van der Waals surface area contributed by atoms with Crippen LogP contribution in [-0.4, -0.2) is 34.2 Å². The van der Waals surface area contributed by atoms with Crippen molar-refractivity contribution in [3.8, 4) is 0 Å². The van der Waals surface area contributed by atoms with Crippen molar-refractivity contribution in [3.05, 3.63) is 48.0 Å². The number of benzene rings is 1. The summed E-state index contributed by atoms with van der Waals surface area (Å²) in [7, 11) is 0. The van der Waals surface area contributed by atoms with Gasteiger partial charge in [0.2, 0.25) is 11.0 Å². The first-order valence-corrected chi connectivity index (χ1v) is 9.06. The molecule has 0 radical (unpaired) electrons. The maximum absolute atomic E-state index is 12.2. The minimum atomic E-state index is -0.0782. The number of hydrogen-bond acceptors (Lipinski definition) is 7. The van der Waals surface area contributed by atoms with Gasteiger partial charge in [-0.25, -0.2) is 0 Å². The standard InChI is InChI=1S/C16H18N4O2S2/c1-3-8-17-15-19-20-16(24-15)23-10-14(22)13-6-4-12(5-7-13)9-18-11(2)21/h3-7H,1,8-10H2,2H3,(H,17,19)(H,18,21). The van der Waals surface area contributed by atoms with Crippen molar-refractivity contribution < 1.29 is 9.59 Å². The number of rotatable bonds is 9. The molecule has 0 unspecified atom stereocenters. The van der Waals surface area contributed by atoms with Crippen molar-refractivity contribution >= 4 is 39.9 Å². The Labute approximate surface area is 148 Å². The van der Waals surface area contributed by atoms with E-state index in [-0.39, 0.29) is 11.7 Å². The Morgan fingerprint density at radius 2 is 2.04 bits per heavy atom. The fraction of sp³-hybridized carbons (Fsp3) is 0.250. The van der Waals surface area contributed by atoms with Gasteiger partial charge >= 0.3 is 0 Å². The number of ketones is 1. The van der Waals surface area contributed by atoms with Crippen LogP contribution in [0.1, 0.15) is 22.8 Å². The fourth-order valence-electron chi connectivity index (χ4n) is 1.74.